The molecule has 0 radical (unpaired) electrons. The zero-order chi connectivity index (χ0) is 17.5. The minimum Gasteiger partial charge on any atom is -0.550 e. The lowest BCUT2D eigenvalue weighted by atomic mass is 10.1. The van der Waals surface area contributed by atoms with E-state index in [0.717, 1.165) is 0 Å². The van der Waals surface area contributed by atoms with Gasteiger partial charge in [0.1, 0.15) is 5.70 Å². The molecule has 8 nitrogen and oxygen atoms in total. The van der Waals surface area contributed by atoms with Crippen molar-refractivity contribution in [3.05, 3.63) is 29.5 Å². The standard InChI is InChI=1S/C16H18N2O6/c1-10(19)18-12(16(22)17-6-2-3-15(20)21)7-11-4-5-13-14(8-11)24-9-23-13/h4-5,7-8H,2-3,6,9H2,1H3,(H,17,22)(H,18,19)(H,20,21)/p-1/b12-7+. The number of aliphatic carboxylic acids is 1. The third-order valence-electron chi connectivity index (χ3n) is 3.11. The normalized spacial score (nSPS) is 12.6. The molecular formula is C16H17N2O6-. The molecule has 2 N–H and O–H groups in total. The molecule has 1 heterocycles. The zero-order valence-corrected chi connectivity index (χ0v) is 13.1. The van der Waals surface area contributed by atoms with Crippen LogP contribution in [0.25, 0.3) is 6.08 Å². The second-order valence-electron chi connectivity index (χ2n) is 5.08. The number of carbonyl (C=O) groups is 3. The lowest BCUT2D eigenvalue weighted by Crippen LogP contribution is -2.34. The number of hydrogen-bond donors (Lipinski definition) is 2. The maximum Gasteiger partial charge on any atom is 0.267 e. The summed E-state index contributed by atoms with van der Waals surface area (Å²) in [7, 11) is 0. The molecule has 0 spiro atoms. The van der Waals surface area contributed by atoms with Crippen molar-refractivity contribution in [1.29, 1.82) is 0 Å². The number of hydrogen-bond acceptors (Lipinski definition) is 6. The number of benzene rings is 1. The first-order chi connectivity index (χ1) is 11.5. The average Bonchev–Trinajstić information content (AvgIpc) is 2.97. The second kappa shape index (κ2) is 8.00. The largest absolute Gasteiger partial charge is 0.550 e. The molecule has 0 fully saturated rings. The highest BCUT2D eigenvalue weighted by atomic mass is 16.7. The molecule has 0 saturated carbocycles. The maximum atomic E-state index is 12.1. The zero-order valence-electron chi connectivity index (χ0n) is 13.1. The van der Waals surface area contributed by atoms with Crippen molar-refractivity contribution in [1.82, 2.24) is 10.6 Å². The van der Waals surface area contributed by atoms with E-state index in [1.54, 1.807) is 18.2 Å². The molecule has 0 saturated heterocycles. The van der Waals surface area contributed by atoms with Crippen LogP contribution in [-0.2, 0) is 14.4 Å². The third-order valence-corrected chi connectivity index (χ3v) is 3.11. The summed E-state index contributed by atoms with van der Waals surface area (Å²) in [6.07, 6.45) is 1.59. The molecule has 1 aromatic carbocycles. The molecule has 0 aromatic heterocycles. The van der Waals surface area contributed by atoms with Crippen LogP contribution in [0.2, 0.25) is 0 Å². The molecule has 2 amide bonds. The molecule has 24 heavy (non-hydrogen) atoms. The Labute approximate surface area is 138 Å². The number of ether oxygens (including phenoxy) is 2. The number of carboxylic acids is 1. The second-order valence-corrected chi connectivity index (χ2v) is 5.08. The average molecular weight is 333 g/mol. The van der Waals surface area contributed by atoms with Gasteiger partial charge in [0.25, 0.3) is 5.91 Å². The van der Waals surface area contributed by atoms with E-state index >= 15 is 0 Å². The van der Waals surface area contributed by atoms with Gasteiger partial charge in [0.15, 0.2) is 11.5 Å². The van der Waals surface area contributed by atoms with Gasteiger partial charge in [0.05, 0.1) is 0 Å². The van der Waals surface area contributed by atoms with Gasteiger partial charge in [0, 0.05) is 19.4 Å². The summed E-state index contributed by atoms with van der Waals surface area (Å²) in [6.45, 7) is 1.59. The van der Waals surface area contributed by atoms with Gasteiger partial charge in [0.2, 0.25) is 12.7 Å². The minimum absolute atomic E-state index is 0.0508. The van der Waals surface area contributed by atoms with Crippen LogP contribution in [0.4, 0.5) is 0 Å². The van der Waals surface area contributed by atoms with E-state index in [9.17, 15) is 19.5 Å². The SMILES string of the molecule is CC(=O)N/C(=C/c1ccc2c(c1)OCO2)C(=O)NCCCC(=O)[O-]. The molecule has 0 bridgehead atoms. The van der Waals surface area contributed by atoms with E-state index in [1.165, 1.54) is 13.0 Å². The number of rotatable bonds is 7. The smallest absolute Gasteiger partial charge is 0.267 e. The van der Waals surface area contributed by atoms with Crippen LogP contribution >= 0.6 is 0 Å². The molecule has 0 aliphatic carbocycles. The highest BCUT2D eigenvalue weighted by Crippen LogP contribution is 2.32. The van der Waals surface area contributed by atoms with E-state index in [1.807, 2.05) is 0 Å². The summed E-state index contributed by atoms with van der Waals surface area (Å²) in [6, 6.07) is 5.11. The van der Waals surface area contributed by atoms with Crippen molar-refractivity contribution in [2.45, 2.75) is 19.8 Å². The summed E-state index contributed by atoms with van der Waals surface area (Å²) < 4.78 is 10.5. The van der Waals surface area contributed by atoms with Gasteiger partial charge < -0.3 is 30.0 Å². The van der Waals surface area contributed by atoms with Gasteiger partial charge in [-0.1, -0.05) is 6.07 Å². The first-order valence-electron chi connectivity index (χ1n) is 7.32. The van der Waals surface area contributed by atoms with E-state index < -0.39 is 17.8 Å². The molecular weight excluding hydrogens is 316 g/mol. The Balaban J connectivity index is 2.07. The van der Waals surface area contributed by atoms with Gasteiger partial charge in [-0.15, -0.1) is 0 Å². The van der Waals surface area contributed by atoms with Crippen LogP contribution in [0.5, 0.6) is 11.5 Å². The Morgan fingerprint density at radius 1 is 1.25 bits per heavy atom. The maximum absolute atomic E-state index is 12.1. The number of carbonyl (C=O) groups excluding carboxylic acids is 3. The number of carboxylic acid groups (broad SMARTS) is 1. The topological polar surface area (TPSA) is 117 Å². The van der Waals surface area contributed by atoms with Crippen molar-refractivity contribution >= 4 is 23.9 Å². The van der Waals surface area contributed by atoms with Gasteiger partial charge >= 0.3 is 0 Å². The quantitative estimate of drug-likeness (QED) is 0.515. The van der Waals surface area contributed by atoms with E-state index in [-0.39, 0.29) is 31.9 Å². The van der Waals surface area contributed by atoms with Crippen molar-refractivity contribution in [3.63, 3.8) is 0 Å². The lowest BCUT2D eigenvalue weighted by Gasteiger charge is -2.10. The highest BCUT2D eigenvalue weighted by molar-refractivity contribution is 6.00. The van der Waals surface area contributed by atoms with Crippen LogP contribution < -0.4 is 25.2 Å². The molecule has 0 atom stereocenters. The fraction of sp³-hybridized carbons (Fsp3) is 0.312. The predicted molar refractivity (Wildman–Crippen MR) is 81.6 cm³/mol. The first kappa shape index (κ1) is 17.3. The molecule has 2 rings (SSSR count). The summed E-state index contributed by atoms with van der Waals surface area (Å²) in [5, 5.41) is 15.3. The van der Waals surface area contributed by atoms with Crippen molar-refractivity contribution < 1.29 is 29.0 Å². The van der Waals surface area contributed by atoms with Crippen molar-refractivity contribution in [2.24, 2.45) is 0 Å². The van der Waals surface area contributed by atoms with Gasteiger partial charge in [-0.3, -0.25) is 9.59 Å². The molecule has 1 aliphatic heterocycles. The fourth-order valence-corrected chi connectivity index (χ4v) is 2.05. The summed E-state index contributed by atoms with van der Waals surface area (Å²) >= 11 is 0. The first-order valence-corrected chi connectivity index (χ1v) is 7.32. The van der Waals surface area contributed by atoms with Crippen LogP contribution in [0.1, 0.15) is 25.3 Å². The third kappa shape index (κ3) is 5.01. The fourth-order valence-electron chi connectivity index (χ4n) is 2.05. The van der Waals surface area contributed by atoms with Crippen LogP contribution in [0.3, 0.4) is 0 Å². The number of amides is 2. The van der Waals surface area contributed by atoms with Crippen LogP contribution in [0.15, 0.2) is 23.9 Å². The Morgan fingerprint density at radius 3 is 2.71 bits per heavy atom. The monoisotopic (exact) mass is 333 g/mol. The molecule has 1 aromatic rings. The number of fused-ring (bicyclic) bond motifs is 1. The van der Waals surface area contributed by atoms with E-state index in [4.69, 9.17) is 9.47 Å². The molecule has 8 heteroatoms. The van der Waals surface area contributed by atoms with Gasteiger partial charge in [-0.05, 0) is 36.6 Å². The Hall–Kier alpha value is -3.03. The summed E-state index contributed by atoms with van der Waals surface area (Å²) in [5.41, 5.74) is 0.697. The van der Waals surface area contributed by atoms with Crippen LogP contribution in [0, 0.1) is 0 Å². The van der Waals surface area contributed by atoms with Gasteiger partial charge in [-0.2, -0.15) is 0 Å². The Morgan fingerprint density at radius 2 is 2.00 bits per heavy atom. The predicted octanol–water partition coefficient (Wildman–Crippen LogP) is -0.461. The van der Waals surface area contributed by atoms with E-state index in [2.05, 4.69) is 10.6 Å². The van der Waals surface area contributed by atoms with Crippen molar-refractivity contribution in [3.8, 4) is 11.5 Å². The lowest BCUT2D eigenvalue weighted by molar-refractivity contribution is -0.305. The minimum atomic E-state index is -1.18. The Kier molecular flexibility index (Phi) is 5.78. The van der Waals surface area contributed by atoms with Gasteiger partial charge in [-0.25, -0.2) is 0 Å². The highest BCUT2D eigenvalue weighted by Gasteiger charge is 2.15. The van der Waals surface area contributed by atoms with E-state index in [0.29, 0.717) is 17.1 Å². The molecule has 1 aliphatic rings. The molecule has 128 valence electrons. The molecule has 0 unspecified atom stereocenters. The number of nitrogens with one attached hydrogen (secondary N) is 2. The Bertz CT molecular complexity index is 683. The van der Waals surface area contributed by atoms with Crippen molar-refractivity contribution in [2.75, 3.05) is 13.3 Å². The van der Waals surface area contributed by atoms with Crippen LogP contribution in [-0.4, -0.2) is 31.1 Å². The summed E-state index contributed by atoms with van der Waals surface area (Å²) in [5.74, 6) is -0.921. The summed E-state index contributed by atoms with van der Waals surface area (Å²) in [4.78, 5) is 33.8.